The van der Waals surface area contributed by atoms with Gasteiger partial charge in [0.15, 0.2) is 11.6 Å². The molecule has 0 aliphatic carbocycles. The normalized spacial score (nSPS) is 11.3. The van der Waals surface area contributed by atoms with E-state index in [0.29, 0.717) is 41.7 Å². The van der Waals surface area contributed by atoms with E-state index in [2.05, 4.69) is 35.7 Å². The van der Waals surface area contributed by atoms with Gasteiger partial charge in [0.05, 0.1) is 11.6 Å². The van der Waals surface area contributed by atoms with Gasteiger partial charge in [-0.25, -0.2) is 4.98 Å². The van der Waals surface area contributed by atoms with E-state index in [-0.39, 0.29) is 11.2 Å². The Morgan fingerprint density at radius 2 is 1.75 bits per heavy atom. The van der Waals surface area contributed by atoms with E-state index in [4.69, 9.17) is 16.3 Å². The molecule has 8 heteroatoms. The number of halogens is 1. The van der Waals surface area contributed by atoms with Gasteiger partial charge in [-0.05, 0) is 54.3 Å². The second kappa shape index (κ2) is 9.96. The summed E-state index contributed by atoms with van der Waals surface area (Å²) >= 11 is 6.40. The Balaban J connectivity index is 1.90. The van der Waals surface area contributed by atoms with Crippen molar-refractivity contribution >= 4 is 18.0 Å². The molecular weight excluding hydrogens is 428 g/mol. The van der Waals surface area contributed by atoms with Crippen molar-refractivity contribution in [3.8, 4) is 34.5 Å². The molecule has 0 unspecified atom stereocenters. The lowest BCUT2D eigenvalue weighted by Crippen LogP contribution is -2.20. The molecule has 1 N–H and O–H groups in total. The Labute approximate surface area is 193 Å². The van der Waals surface area contributed by atoms with Crippen molar-refractivity contribution in [3.63, 3.8) is 0 Å². The smallest absolute Gasteiger partial charge is 0.318 e. The lowest BCUT2D eigenvalue weighted by molar-refractivity contribution is -0.118. The monoisotopic (exact) mass is 454 g/mol. The van der Waals surface area contributed by atoms with Gasteiger partial charge in [0.25, 0.3) is 0 Å². The summed E-state index contributed by atoms with van der Waals surface area (Å²) in [4.78, 5) is 25.4. The van der Waals surface area contributed by atoms with E-state index in [1.54, 1.807) is 11.0 Å². The zero-order valence-electron chi connectivity index (χ0n) is 18.7. The molecule has 0 radical (unpaired) electrons. The number of carbonyl (C=O) groups excluding carboxylic acids is 1. The summed E-state index contributed by atoms with van der Waals surface area (Å²) < 4.78 is 5.81. The molecule has 7 nitrogen and oxygen atoms in total. The maximum Gasteiger partial charge on any atom is 0.318 e. The number of carbonyl (C=O) groups is 1. The van der Waals surface area contributed by atoms with Crippen LogP contribution in [0.3, 0.4) is 0 Å². The number of benzene rings is 2. The van der Waals surface area contributed by atoms with Gasteiger partial charge < -0.3 is 14.7 Å². The number of nitrogens with zero attached hydrogens (tertiary/aromatic N) is 4. The third-order valence-corrected chi connectivity index (χ3v) is 4.95. The zero-order chi connectivity index (χ0) is 23.3. The number of hydrogen-bond donors (Lipinski definition) is 1. The minimum atomic E-state index is -0.400. The van der Waals surface area contributed by atoms with Gasteiger partial charge in [0, 0.05) is 24.2 Å². The third-order valence-electron chi connectivity index (χ3n) is 4.62. The van der Waals surface area contributed by atoms with Crippen LogP contribution < -0.4 is 4.74 Å². The van der Waals surface area contributed by atoms with E-state index in [1.807, 2.05) is 43.3 Å². The molecule has 0 atom stereocenters. The van der Waals surface area contributed by atoms with Crippen molar-refractivity contribution in [2.45, 2.75) is 34.2 Å². The molecule has 0 fully saturated rings. The molecule has 1 amide bonds. The zero-order valence-corrected chi connectivity index (χ0v) is 19.4. The van der Waals surface area contributed by atoms with Crippen LogP contribution in [-0.4, -0.2) is 44.5 Å². The van der Waals surface area contributed by atoms with Gasteiger partial charge in [0.2, 0.25) is 6.41 Å². The van der Waals surface area contributed by atoms with Crippen molar-refractivity contribution in [3.05, 3.63) is 53.1 Å². The quantitative estimate of drug-likeness (QED) is 0.483. The first-order valence-electron chi connectivity index (χ1n) is 10.3. The highest BCUT2D eigenvalue weighted by Crippen LogP contribution is 2.30. The lowest BCUT2D eigenvalue weighted by atomic mass is 9.99. The van der Waals surface area contributed by atoms with Crippen LogP contribution in [0.15, 0.2) is 42.5 Å². The van der Waals surface area contributed by atoms with Crippen LogP contribution in [-0.2, 0) is 11.3 Å². The number of amides is 1. The number of aromatic nitrogens is 3. The first-order valence-corrected chi connectivity index (χ1v) is 10.7. The molecule has 0 bridgehead atoms. The predicted molar refractivity (Wildman–Crippen MR) is 124 cm³/mol. The second-order valence-electron chi connectivity index (χ2n) is 8.64. The highest BCUT2D eigenvalue weighted by molar-refractivity contribution is 6.33. The minimum absolute atomic E-state index is 0.0568. The largest absolute Gasteiger partial charge is 0.493 e. The van der Waals surface area contributed by atoms with Crippen molar-refractivity contribution in [2.75, 3.05) is 13.2 Å². The van der Waals surface area contributed by atoms with E-state index < -0.39 is 6.01 Å². The Kier molecular flexibility index (Phi) is 7.30. The van der Waals surface area contributed by atoms with Crippen LogP contribution in [0.5, 0.6) is 11.8 Å². The number of ether oxygens (including phenoxy) is 1. The topological polar surface area (TPSA) is 88.4 Å². The van der Waals surface area contributed by atoms with E-state index in [1.165, 1.54) is 0 Å². The summed E-state index contributed by atoms with van der Waals surface area (Å²) in [5, 5.41) is 10.6. The fourth-order valence-corrected chi connectivity index (χ4v) is 3.12. The molecule has 0 spiro atoms. The summed E-state index contributed by atoms with van der Waals surface area (Å²) in [6.07, 6.45) is 0.802. The SMILES string of the molecule is CCN(C=O)Cc1ccc(Cl)c(-c2nc(O)nc(-c3ccc(OCC(C)(C)C)cc3)n2)c1. The molecule has 1 heterocycles. The van der Waals surface area contributed by atoms with Crippen LogP contribution in [0.1, 0.15) is 33.3 Å². The van der Waals surface area contributed by atoms with Crippen molar-refractivity contribution in [1.29, 1.82) is 0 Å². The minimum Gasteiger partial charge on any atom is -0.493 e. The van der Waals surface area contributed by atoms with Crippen LogP contribution in [0.25, 0.3) is 22.8 Å². The molecule has 1 aromatic heterocycles. The van der Waals surface area contributed by atoms with Gasteiger partial charge in [-0.1, -0.05) is 38.4 Å². The molecule has 2 aromatic carbocycles. The number of aromatic hydroxyl groups is 1. The molecule has 168 valence electrons. The van der Waals surface area contributed by atoms with Gasteiger partial charge in [-0.2, -0.15) is 9.97 Å². The van der Waals surface area contributed by atoms with Crippen molar-refractivity contribution in [1.82, 2.24) is 19.9 Å². The van der Waals surface area contributed by atoms with Crippen LogP contribution in [0, 0.1) is 5.41 Å². The van der Waals surface area contributed by atoms with E-state index in [0.717, 1.165) is 17.7 Å². The van der Waals surface area contributed by atoms with Gasteiger partial charge in [0.1, 0.15) is 5.75 Å². The summed E-state index contributed by atoms with van der Waals surface area (Å²) in [7, 11) is 0. The molecule has 3 aromatic rings. The molecule has 32 heavy (non-hydrogen) atoms. The highest BCUT2D eigenvalue weighted by atomic mass is 35.5. The third kappa shape index (κ3) is 6.17. The standard InChI is InChI=1S/C24H27ClN4O3/c1-5-29(15-30)13-16-6-11-20(25)19(12-16)22-26-21(27-23(31)28-22)17-7-9-18(10-8-17)32-14-24(2,3)4/h6-12,15H,5,13-14H2,1-4H3,(H,26,27,28,31). The first-order chi connectivity index (χ1) is 15.2. The number of rotatable bonds is 8. The Hall–Kier alpha value is -3.19. The molecule has 0 aliphatic rings. The van der Waals surface area contributed by atoms with Crippen molar-refractivity contribution in [2.24, 2.45) is 5.41 Å². The Bertz CT molecular complexity index is 1080. The molecule has 0 saturated carbocycles. The average molecular weight is 455 g/mol. The van der Waals surface area contributed by atoms with Crippen LogP contribution >= 0.6 is 11.6 Å². The fraction of sp³-hybridized carbons (Fsp3) is 0.333. The second-order valence-corrected chi connectivity index (χ2v) is 9.05. The summed E-state index contributed by atoms with van der Waals surface area (Å²) in [6.45, 7) is 9.84. The van der Waals surface area contributed by atoms with Crippen LogP contribution in [0.4, 0.5) is 0 Å². The van der Waals surface area contributed by atoms with Crippen LogP contribution in [0.2, 0.25) is 5.02 Å². The predicted octanol–water partition coefficient (Wildman–Crippen LogP) is 4.97. The Morgan fingerprint density at radius 3 is 2.38 bits per heavy atom. The lowest BCUT2D eigenvalue weighted by Gasteiger charge is -2.18. The fourth-order valence-electron chi connectivity index (χ4n) is 2.91. The maximum atomic E-state index is 11.1. The molecule has 0 saturated heterocycles. The molecule has 0 aliphatic heterocycles. The van der Waals surface area contributed by atoms with Crippen molar-refractivity contribution < 1.29 is 14.6 Å². The number of hydrogen-bond acceptors (Lipinski definition) is 6. The van der Waals surface area contributed by atoms with Gasteiger partial charge in [-0.15, -0.1) is 0 Å². The Morgan fingerprint density at radius 1 is 1.06 bits per heavy atom. The van der Waals surface area contributed by atoms with Gasteiger partial charge >= 0.3 is 6.01 Å². The summed E-state index contributed by atoms with van der Waals surface area (Å²) in [5.41, 5.74) is 2.19. The summed E-state index contributed by atoms with van der Waals surface area (Å²) in [6, 6.07) is 12.3. The maximum absolute atomic E-state index is 11.1. The van der Waals surface area contributed by atoms with Gasteiger partial charge in [-0.3, -0.25) is 4.79 Å². The molecular formula is C24H27ClN4O3. The van der Waals surface area contributed by atoms with E-state index >= 15 is 0 Å². The summed E-state index contributed by atoms with van der Waals surface area (Å²) in [5.74, 6) is 1.31. The molecule has 3 rings (SSSR count). The average Bonchev–Trinajstić information content (AvgIpc) is 2.76. The highest BCUT2D eigenvalue weighted by Gasteiger charge is 2.15. The first kappa shape index (κ1) is 23.5. The van der Waals surface area contributed by atoms with E-state index in [9.17, 15) is 9.90 Å².